The van der Waals surface area contributed by atoms with Gasteiger partial charge in [-0.15, -0.1) is 0 Å². The van der Waals surface area contributed by atoms with Crippen LogP contribution < -0.4 is 4.74 Å². The summed E-state index contributed by atoms with van der Waals surface area (Å²) >= 11 is 0. The summed E-state index contributed by atoms with van der Waals surface area (Å²) in [6.07, 6.45) is -0.985. The van der Waals surface area contributed by atoms with Gasteiger partial charge in [0.2, 0.25) is 0 Å². The molecule has 1 aromatic rings. The van der Waals surface area contributed by atoms with Gasteiger partial charge >= 0.3 is 0 Å². The van der Waals surface area contributed by atoms with Crippen molar-refractivity contribution >= 4 is 0 Å². The summed E-state index contributed by atoms with van der Waals surface area (Å²) in [5, 5.41) is 19.0. The maximum atomic E-state index is 10.2. The Kier molecular flexibility index (Phi) is 6.20. The third kappa shape index (κ3) is 4.70. The molecule has 1 heterocycles. The number of aliphatic hydroxyl groups is 1. The van der Waals surface area contributed by atoms with Crippen molar-refractivity contribution < 1.29 is 14.6 Å². The molecule has 0 spiro atoms. The average Bonchev–Trinajstić information content (AvgIpc) is 2.53. The van der Waals surface area contributed by atoms with E-state index in [0.29, 0.717) is 25.6 Å². The summed E-state index contributed by atoms with van der Waals surface area (Å²) in [6.45, 7) is 6.78. The Morgan fingerprint density at radius 3 is 2.95 bits per heavy atom. The molecule has 0 aliphatic carbocycles. The molecule has 5 nitrogen and oxygen atoms in total. The highest BCUT2D eigenvalue weighted by atomic mass is 16.5. The second-order valence-electron chi connectivity index (χ2n) is 5.91. The van der Waals surface area contributed by atoms with Gasteiger partial charge in [-0.1, -0.05) is 32.0 Å². The summed E-state index contributed by atoms with van der Waals surface area (Å²) in [5.74, 6) is 1.21. The molecule has 1 fully saturated rings. The van der Waals surface area contributed by atoms with Crippen LogP contribution in [0.15, 0.2) is 24.3 Å². The lowest BCUT2D eigenvalue weighted by Gasteiger charge is -2.31. The van der Waals surface area contributed by atoms with Gasteiger partial charge in [-0.25, -0.2) is 0 Å². The number of hydrogen-bond donors (Lipinski definition) is 1. The zero-order valence-corrected chi connectivity index (χ0v) is 13.2. The van der Waals surface area contributed by atoms with Crippen molar-refractivity contribution in [2.75, 3.05) is 32.8 Å². The third-order valence-corrected chi connectivity index (χ3v) is 3.74. The number of nitrogens with zero attached hydrogens (tertiary/aromatic N) is 2. The van der Waals surface area contributed by atoms with Crippen molar-refractivity contribution in [1.82, 2.24) is 4.90 Å². The van der Waals surface area contributed by atoms with Gasteiger partial charge < -0.3 is 14.6 Å². The Bertz CT molecular complexity index is 513. The molecule has 1 saturated heterocycles. The molecule has 1 N–H and O–H groups in total. The first-order valence-electron chi connectivity index (χ1n) is 7.73. The average molecular weight is 304 g/mol. The number of aliphatic hydroxyl groups excluding tert-OH is 1. The number of rotatable bonds is 6. The van der Waals surface area contributed by atoms with E-state index in [1.807, 2.05) is 29.2 Å². The van der Waals surface area contributed by atoms with Crippen LogP contribution >= 0.6 is 0 Å². The predicted molar refractivity (Wildman–Crippen MR) is 83.8 cm³/mol. The molecule has 2 atom stereocenters. The molecule has 1 aromatic carbocycles. The van der Waals surface area contributed by atoms with Crippen molar-refractivity contribution in [2.45, 2.75) is 32.0 Å². The van der Waals surface area contributed by atoms with Crippen LogP contribution in [0, 0.1) is 11.3 Å². The van der Waals surface area contributed by atoms with Gasteiger partial charge in [0.15, 0.2) is 6.10 Å². The fraction of sp³-hybridized carbons (Fsp3) is 0.588. The van der Waals surface area contributed by atoms with Crippen molar-refractivity contribution in [2.24, 2.45) is 0 Å². The summed E-state index contributed by atoms with van der Waals surface area (Å²) in [7, 11) is 0. The summed E-state index contributed by atoms with van der Waals surface area (Å²) < 4.78 is 11.1. The maximum absolute atomic E-state index is 10.2. The third-order valence-electron chi connectivity index (χ3n) is 3.74. The van der Waals surface area contributed by atoms with E-state index in [0.717, 1.165) is 17.9 Å². The number of β-amino-alcohol motifs (C(OH)–C–C–N with tert-alkyl or cyclic N) is 1. The minimum atomic E-state index is -0.585. The lowest BCUT2D eigenvalue weighted by atomic mass is 10.0. The van der Waals surface area contributed by atoms with E-state index >= 15 is 0 Å². The summed E-state index contributed by atoms with van der Waals surface area (Å²) in [5.41, 5.74) is 1.14. The second kappa shape index (κ2) is 8.14. The van der Waals surface area contributed by atoms with Crippen molar-refractivity contribution in [3.63, 3.8) is 0 Å². The molecule has 1 aliphatic heterocycles. The van der Waals surface area contributed by atoms with E-state index in [9.17, 15) is 5.11 Å². The van der Waals surface area contributed by atoms with Crippen LogP contribution in [0.5, 0.6) is 5.75 Å². The Morgan fingerprint density at radius 2 is 2.23 bits per heavy atom. The van der Waals surface area contributed by atoms with Gasteiger partial charge in [0.25, 0.3) is 0 Å². The quantitative estimate of drug-likeness (QED) is 0.867. The highest BCUT2D eigenvalue weighted by Crippen LogP contribution is 2.25. The van der Waals surface area contributed by atoms with Gasteiger partial charge in [-0.2, -0.15) is 5.26 Å². The number of nitriles is 1. The molecule has 0 saturated carbocycles. The Balaban J connectivity index is 1.83. The van der Waals surface area contributed by atoms with Crippen LogP contribution in [-0.4, -0.2) is 55.1 Å². The fourth-order valence-corrected chi connectivity index (χ4v) is 2.57. The topological polar surface area (TPSA) is 65.7 Å². The number of morpholine rings is 1. The molecule has 5 heteroatoms. The van der Waals surface area contributed by atoms with Crippen LogP contribution in [0.25, 0.3) is 0 Å². The molecule has 0 bridgehead atoms. The zero-order valence-electron chi connectivity index (χ0n) is 13.2. The standard InChI is InChI=1S/C17H24N2O3/c1-13(2)16-5-3-4-6-17(16)22-12-14(20)10-19-7-8-21-15(9-18)11-19/h3-6,13-15,20H,7-8,10-12H2,1-2H3. The Morgan fingerprint density at radius 1 is 1.45 bits per heavy atom. The van der Waals surface area contributed by atoms with Crippen LogP contribution in [-0.2, 0) is 4.74 Å². The predicted octanol–water partition coefficient (Wildman–Crippen LogP) is 1.77. The van der Waals surface area contributed by atoms with Crippen LogP contribution in [0.4, 0.5) is 0 Å². The van der Waals surface area contributed by atoms with E-state index in [-0.39, 0.29) is 6.61 Å². The first-order chi connectivity index (χ1) is 10.6. The molecule has 0 aromatic heterocycles. The van der Waals surface area contributed by atoms with E-state index in [4.69, 9.17) is 14.7 Å². The smallest absolute Gasteiger partial charge is 0.156 e. The first kappa shape index (κ1) is 16.8. The lowest BCUT2D eigenvalue weighted by Crippen LogP contribution is -2.46. The van der Waals surface area contributed by atoms with Crippen LogP contribution in [0.2, 0.25) is 0 Å². The van der Waals surface area contributed by atoms with Crippen LogP contribution in [0.1, 0.15) is 25.3 Å². The van der Waals surface area contributed by atoms with E-state index in [1.54, 1.807) is 0 Å². The number of ether oxygens (including phenoxy) is 2. The van der Waals surface area contributed by atoms with Crippen molar-refractivity contribution in [3.05, 3.63) is 29.8 Å². The van der Waals surface area contributed by atoms with Crippen molar-refractivity contribution in [1.29, 1.82) is 5.26 Å². The Hall–Kier alpha value is -1.61. The molecule has 0 radical (unpaired) electrons. The van der Waals surface area contributed by atoms with Gasteiger partial charge in [0, 0.05) is 19.6 Å². The van der Waals surface area contributed by atoms with Crippen LogP contribution in [0.3, 0.4) is 0 Å². The highest BCUT2D eigenvalue weighted by Gasteiger charge is 2.22. The highest BCUT2D eigenvalue weighted by molar-refractivity contribution is 5.35. The number of hydrogen-bond acceptors (Lipinski definition) is 5. The second-order valence-corrected chi connectivity index (χ2v) is 5.91. The molecule has 1 aliphatic rings. The van der Waals surface area contributed by atoms with E-state index < -0.39 is 12.2 Å². The van der Waals surface area contributed by atoms with Gasteiger partial charge in [0.05, 0.1) is 12.7 Å². The zero-order chi connectivity index (χ0) is 15.9. The SMILES string of the molecule is CC(C)c1ccccc1OCC(O)CN1CCOC(C#N)C1. The first-order valence-corrected chi connectivity index (χ1v) is 7.73. The molecule has 22 heavy (non-hydrogen) atoms. The molecular formula is C17H24N2O3. The molecule has 2 rings (SSSR count). The maximum Gasteiger partial charge on any atom is 0.156 e. The monoisotopic (exact) mass is 304 g/mol. The van der Waals surface area contributed by atoms with Gasteiger partial charge in [-0.3, -0.25) is 4.90 Å². The van der Waals surface area contributed by atoms with Gasteiger partial charge in [-0.05, 0) is 17.5 Å². The summed E-state index contributed by atoms with van der Waals surface area (Å²) in [6, 6.07) is 10.0. The fourth-order valence-electron chi connectivity index (χ4n) is 2.57. The largest absolute Gasteiger partial charge is 0.491 e. The number of benzene rings is 1. The van der Waals surface area contributed by atoms with E-state index in [2.05, 4.69) is 19.9 Å². The molecular weight excluding hydrogens is 280 g/mol. The molecule has 120 valence electrons. The molecule has 0 amide bonds. The van der Waals surface area contributed by atoms with Crippen molar-refractivity contribution in [3.8, 4) is 11.8 Å². The minimum absolute atomic E-state index is 0.248. The lowest BCUT2D eigenvalue weighted by molar-refractivity contribution is -0.0216. The minimum Gasteiger partial charge on any atom is -0.491 e. The number of para-hydroxylation sites is 1. The Labute approximate surface area is 132 Å². The molecule has 2 unspecified atom stereocenters. The normalized spacial score (nSPS) is 20.6. The van der Waals surface area contributed by atoms with Gasteiger partial charge in [0.1, 0.15) is 18.5 Å². The van der Waals surface area contributed by atoms with E-state index in [1.165, 1.54) is 0 Å². The summed E-state index contributed by atoms with van der Waals surface area (Å²) in [4.78, 5) is 2.04.